The molecule has 1 atom stereocenters. The molecule has 32 heavy (non-hydrogen) atoms. The van der Waals surface area contributed by atoms with Gasteiger partial charge in [-0.2, -0.15) is 18.3 Å². The minimum Gasteiger partial charge on any atom is -0.458 e. The molecule has 0 bridgehead atoms. The fourth-order valence-electron chi connectivity index (χ4n) is 2.95. The van der Waals surface area contributed by atoms with Crippen molar-refractivity contribution in [3.63, 3.8) is 0 Å². The summed E-state index contributed by atoms with van der Waals surface area (Å²) in [7, 11) is 0. The maximum Gasteiger partial charge on any atom is 0.425 e. The third-order valence-electron chi connectivity index (χ3n) is 4.54. The molecule has 0 saturated carbocycles. The standard InChI is InChI=1S/C20H14BrF3N4O4/c1-10(20(22,23)24)31-19(30)14-7-12(21)5-11-6-13(32-16(11)14)8-26-18(29)15-9-27-28-4-2-3-25-17(15)28/h2-7,9-10H,8H2,1H3,(H,26,29). The lowest BCUT2D eigenvalue weighted by Crippen LogP contribution is -2.30. The van der Waals surface area contributed by atoms with Crippen LogP contribution in [0.25, 0.3) is 16.6 Å². The summed E-state index contributed by atoms with van der Waals surface area (Å²) in [6, 6.07) is 6.18. The van der Waals surface area contributed by atoms with Crippen LogP contribution >= 0.6 is 15.9 Å². The smallest absolute Gasteiger partial charge is 0.425 e. The van der Waals surface area contributed by atoms with Gasteiger partial charge in [-0.1, -0.05) is 15.9 Å². The van der Waals surface area contributed by atoms with Gasteiger partial charge in [-0.3, -0.25) is 4.79 Å². The van der Waals surface area contributed by atoms with Crippen LogP contribution in [-0.4, -0.2) is 38.8 Å². The number of nitrogens with zero attached hydrogens (tertiary/aromatic N) is 3. The van der Waals surface area contributed by atoms with E-state index in [1.54, 1.807) is 24.4 Å². The molecule has 1 unspecified atom stereocenters. The average Bonchev–Trinajstić information content (AvgIpc) is 3.34. The zero-order chi connectivity index (χ0) is 23.0. The molecule has 0 aliphatic heterocycles. The van der Waals surface area contributed by atoms with Crippen LogP contribution in [0.3, 0.4) is 0 Å². The molecule has 8 nitrogen and oxygen atoms in total. The number of nitrogens with one attached hydrogen (secondary N) is 1. The third-order valence-corrected chi connectivity index (χ3v) is 5.00. The second-order valence-electron chi connectivity index (χ2n) is 6.80. The van der Waals surface area contributed by atoms with Gasteiger partial charge in [0.2, 0.25) is 0 Å². The Kier molecular flexibility index (Phi) is 5.63. The number of ether oxygens (including phenoxy) is 1. The molecule has 4 aromatic rings. The molecule has 3 heterocycles. The third kappa shape index (κ3) is 4.31. The first kappa shape index (κ1) is 21.8. The Hall–Kier alpha value is -3.41. The van der Waals surface area contributed by atoms with Gasteiger partial charge in [0, 0.05) is 22.3 Å². The summed E-state index contributed by atoms with van der Waals surface area (Å²) in [6.07, 6.45) is -2.41. The Bertz CT molecular complexity index is 1330. The molecule has 0 spiro atoms. The lowest BCUT2D eigenvalue weighted by Gasteiger charge is -2.16. The fraction of sp³-hybridized carbons (Fsp3) is 0.200. The van der Waals surface area contributed by atoms with Crippen LogP contribution in [0.5, 0.6) is 0 Å². The number of furan rings is 1. The van der Waals surface area contributed by atoms with Crippen molar-refractivity contribution in [2.75, 3.05) is 0 Å². The van der Waals surface area contributed by atoms with E-state index in [2.05, 4.69) is 36.1 Å². The molecular weight excluding hydrogens is 497 g/mol. The minimum atomic E-state index is -4.69. The number of aromatic nitrogens is 3. The number of carbonyl (C=O) groups is 2. The van der Waals surface area contributed by atoms with E-state index in [9.17, 15) is 22.8 Å². The molecule has 0 aliphatic rings. The Morgan fingerprint density at radius 1 is 1.28 bits per heavy atom. The van der Waals surface area contributed by atoms with Crippen LogP contribution in [0.4, 0.5) is 13.2 Å². The van der Waals surface area contributed by atoms with Crippen LogP contribution in [-0.2, 0) is 11.3 Å². The van der Waals surface area contributed by atoms with Gasteiger partial charge in [-0.15, -0.1) is 0 Å². The zero-order valence-electron chi connectivity index (χ0n) is 16.3. The Labute approximate surface area is 186 Å². The maximum atomic E-state index is 12.8. The van der Waals surface area contributed by atoms with Crippen LogP contribution < -0.4 is 5.32 Å². The quantitative estimate of drug-likeness (QED) is 0.402. The number of fused-ring (bicyclic) bond motifs is 2. The molecule has 12 heteroatoms. The van der Waals surface area contributed by atoms with E-state index in [-0.39, 0.29) is 29.0 Å². The molecule has 1 N–H and O–H groups in total. The van der Waals surface area contributed by atoms with Gasteiger partial charge >= 0.3 is 12.1 Å². The molecule has 3 aromatic heterocycles. The number of benzene rings is 1. The van der Waals surface area contributed by atoms with Crippen molar-refractivity contribution >= 4 is 44.4 Å². The van der Waals surface area contributed by atoms with Gasteiger partial charge < -0.3 is 14.5 Å². The topological polar surface area (TPSA) is 98.7 Å². The van der Waals surface area contributed by atoms with E-state index in [1.165, 1.54) is 23.0 Å². The summed E-state index contributed by atoms with van der Waals surface area (Å²) in [4.78, 5) is 29.0. The highest BCUT2D eigenvalue weighted by atomic mass is 79.9. The van der Waals surface area contributed by atoms with Crippen molar-refractivity contribution in [3.05, 3.63) is 64.2 Å². The van der Waals surface area contributed by atoms with Gasteiger partial charge in [0.25, 0.3) is 5.91 Å². The zero-order valence-corrected chi connectivity index (χ0v) is 17.9. The van der Waals surface area contributed by atoms with E-state index in [0.717, 1.165) is 6.92 Å². The highest BCUT2D eigenvalue weighted by molar-refractivity contribution is 9.10. The second kappa shape index (κ2) is 8.26. The van der Waals surface area contributed by atoms with E-state index in [0.29, 0.717) is 15.5 Å². The number of hydrogen-bond donors (Lipinski definition) is 1. The van der Waals surface area contributed by atoms with E-state index < -0.39 is 24.2 Å². The monoisotopic (exact) mass is 510 g/mol. The largest absolute Gasteiger partial charge is 0.458 e. The van der Waals surface area contributed by atoms with Gasteiger partial charge in [0.05, 0.1) is 12.7 Å². The number of carbonyl (C=O) groups excluding carboxylic acids is 2. The summed E-state index contributed by atoms with van der Waals surface area (Å²) in [5.41, 5.74) is 0.515. The number of rotatable bonds is 5. The van der Waals surface area contributed by atoms with Gasteiger partial charge in [0.1, 0.15) is 22.5 Å². The number of amides is 1. The highest BCUT2D eigenvalue weighted by Gasteiger charge is 2.39. The van der Waals surface area contributed by atoms with Crippen molar-refractivity contribution in [2.45, 2.75) is 25.7 Å². The normalized spacial score (nSPS) is 12.8. The van der Waals surface area contributed by atoms with Gasteiger partial charge in [0.15, 0.2) is 11.8 Å². The summed E-state index contributed by atoms with van der Waals surface area (Å²) in [5.74, 6) is -1.34. The van der Waals surface area contributed by atoms with Crippen molar-refractivity contribution in [3.8, 4) is 0 Å². The van der Waals surface area contributed by atoms with Crippen molar-refractivity contribution in [2.24, 2.45) is 0 Å². The van der Waals surface area contributed by atoms with E-state index >= 15 is 0 Å². The summed E-state index contributed by atoms with van der Waals surface area (Å²) in [5, 5.41) is 7.16. The molecule has 0 aliphatic carbocycles. The summed E-state index contributed by atoms with van der Waals surface area (Å²) >= 11 is 3.22. The number of hydrogen-bond acceptors (Lipinski definition) is 6. The number of halogens is 4. The molecule has 0 saturated heterocycles. The molecule has 1 aromatic carbocycles. The lowest BCUT2D eigenvalue weighted by molar-refractivity contribution is -0.198. The van der Waals surface area contributed by atoms with Crippen molar-refractivity contribution in [1.29, 1.82) is 0 Å². The summed E-state index contributed by atoms with van der Waals surface area (Å²) in [6.45, 7) is 0.703. The molecule has 1 amide bonds. The fourth-order valence-corrected chi connectivity index (χ4v) is 3.42. The SMILES string of the molecule is CC(OC(=O)c1cc(Br)cc2cc(CNC(=O)c3cnn4cccnc34)oc12)C(F)(F)F. The van der Waals surface area contributed by atoms with Crippen LogP contribution in [0.2, 0.25) is 0 Å². The van der Waals surface area contributed by atoms with Crippen molar-refractivity contribution < 1.29 is 31.9 Å². The minimum absolute atomic E-state index is 0.0389. The number of esters is 1. The predicted octanol–water partition coefficient (Wildman–Crippen LogP) is 4.28. The van der Waals surface area contributed by atoms with Crippen molar-refractivity contribution in [1.82, 2.24) is 19.9 Å². The van der Waals surface area contributed by atoms with E-state index in [1.807, 2.05) is 0 Å². The van der Waals surface area contributed by atoms with Crippen LogP contribution in [0.1, 0.15) is 33.4 Å². The first-order valence-electron chi connectivity index (χ1n) is 9.19. The maximum absolute atomic E-state index is 12.8. The Balaban J connectivity index is 1.55. The lowest BCUT2D eigenvalue weighted by atomic mass is 10.1. The molecule has 0 radical (unpaired) electrons. The second-order valence-corrected chi connectivity index (χ2v) is 7.72. The van der Waals surface area contributed by atoms with E-state index in [4.69, 9.17) is 4.42 Å². The average molecular weight is 511 g/mol. The van der Waals surface area contributed by atoms with Gasteiger partial charge in [-0.05, 0) is 31.2 Å². The Morgan fingerprint density at radius 2 is 2.06 bits per heavy atom. The predicted molar refractivity (Wildman–Crippen MR) is 109 cm³/mol. The Morgan fingerprint density at radius 3 is 2.81 bits per heavy atom. The molecular formula is C20H14BrF3N4O4. The first-order valence-corrected chi connectivity index (χ1v) is 9.99. The van der Waals surface area contributed by atoms with Crippen LogP contribution in [0, 0.1) is 0 Å². The molecule has 0 fully saturated rings. The van der Waals surface area contributed by atoms with Crippen LogP contribution in [0.15, 0.2) is 51.7 Å². The molecule has 166 valence electrons. The number of alkyl halides is 3. The highest BCUT2D eigenvalue weighted by Crippen LogP contribution is 2.30. The van der Waals surface area contributed by atoms with Gasteiger partial charge in [-0.25, -0.2) is 14.3 Å². The molecule has 4 rings (SSSR count). The summed E-state index contributed by atoms with van der Waals surface area (Å²) < 4.78 is 50.3. The first-order chi connectivity index (χ1) is 15.1.